The van der Waals surface area contributed by atoms with Gasteiger partial charge in [0.05, 0.1) is 5.56 Å². The Morgan fingerprint density at radius 2 is 1.28 bits per heavy atom. The van der Waals surface area contributed by atoms with Crippen molar-refractivity contribution in [2.24, 2.45) is 0 Å². The predicted octanol–water partition coefficient (Wildman–Crippen LogP) is 4.48. The monoisotopic (exact) mass is 360 g/mol. The first kappa shape index (κ1) is 17.5. The molecule has 5 heteroatoms. The van der Waals surface area contributed by atoms with Crippen molar-refractivity contribution in [3.05, 3.63) is 83.9 Å². The van der Waals surface area contributed by atoms with E-state index in [-0.39, 0.29) is 5.75 Å². The molecule has 3 aromatic carbocycles. The second-order valence-corrected chi connectivity index (χ2v) is 7.89. The number of rotatable bonds is 3. The van der Waals surface area contributed by atoms with Gasteiger partial charge in [0, 0.05) is 5.30 Å². The Morgan fingerprint density at radius 3 is 1.80 bits per heavy atom. The number of hydrogen-bond acceptors (Lipinski definition) is 1. The molecule has 0 fully saturated rings. The van der Waals surface area contributed by atoms with Crippen molar-refractivity contribution >= 4 is 23.8 Å². The van der Waals surface area contributed by atoms with Gasteiger partial charge in [0.15, 0.2) is 0 Å². The normalized spacial score (nSPS) is 12.8. The molecule has 0 aromatic heterocycles. The summed E-state index contributed by atoms with van der Waals surface area (Å²) < 4.78 is 38.5. The van der Waals surface area contributed by atoms with Gasteiger partial charge >= 0.3 is 6.18 Å². The van der Waals surface area contributed by atoms with Crippen LogP contribution in [0.1, 0.15) is 11.1 Å². The first-order chi connectivity index (χ1) is 11.9. The molecule has 0 aliphatic heterocycles. The molecule has 1 N–H and O–H groups in total. The van der Waals surface area contributed by atoms with Crippen molar-refractivity contribution in [2.45, 2.75) is 13.1 Å². The lowest BCUT2D eigenvalue weighted by molar-refractivity contribution is -0.137. The molecular formula is C20H16F3OP. The fraction of sp³-hybridized carbons (Fsp3) is 0.100. The average Bonchev–Trinajstić information content (AvgIpc) is 2.58. The van der Waals surface area contributed by atoms with Gasteiger partial charge in [-0.3, -0.25) is 0 Å². The Balaban J connectivity index is 2.11. The van der Waals surface area contributed by atoms with Gasteiger partial charge in [-0.05, 0) is 43.7 Å². The molecule has 3 aromatic rings. The summed E-state index contributed by atoms with van der Waals surface area (Å²) in [4.78, 5) is 0. The van der Waals surface area contributed by atoms with Crippen molar-refractivity contribution in [3.63, 3.8) is 0 Å². The summed E-state index contributed by atoms with van der Waals surface area (Å²) >= 11 is 0. The van der Waals surface area contributed by atoms with Crippen LogP contribution in [0, 0.1) is 6.92 Å². The summed E-state index contributed by atoms with van der Waals surface area (Å²) in [6.45, 7) is 1.98. The van der Waals surface area contributed by atoms with E-state index >= 15 is 0 Å². The molecule has 0 amide bonds. The minimum Gasteiger partial charge on any atom is -0.507 e. The van der Waals surface area contributed by atoms with E-state index in [1.807, 2.05) is 43.3 Å². The number of hydrogen-bond donors (Lipinski definition) is 1. The Labute approximate surface area is 145 Å². The van der Waals surface area contributed by atoms with Gasteiger partial charge in [-0.1, -0.05) is 60.2 Å². The van der Waals surface area contributed by atoms with E-state index in [0.717, 1.165) is 33.6 Å². The van der Waals surface area contributed by atoms with E-state index in [0.29, 0.717) is 0 Å². The van der Waals surface area contributed by atoms with E-state index in [9.17, 15) is 18.3 Å². The van der Waals surface area contributed by atoms with Gasteiger partial charge in [0.1, 0.15) is 5.75 Å². The molecule has 0 saturated carbocycles. The summed E-state index contributed by atoms with van der Waals surface area (Å²) in [6, 6.07) is 20.0. The summed E-state index contributed by atoms with van der Waals surface area (Å²) in [5, 5.41) is 12.7. The van der Waals surface area contributed by atoms with Crippen molar-refractivity contribution in [2.75, 3.05) is 0 Å². The number of para-hydroxylation sites is 1. The predicted molar refractivity (Wildman–Crippen MR) is 96.6 cm³/mol. The maximum absolute atomic E-state index is 12.8. The Bertz CT molecular complexity index is 855. The van der Waals surface area contributed by atoms with Gasteiger partial charge in [0.25, 0.3) is 0 Å². The van der Waals surface area contributed by atoms with E-state index in [1.54, 1.807) is 12.1 Å². The Morgan fingerprint density at radius 1 is 0.760 bits per heavy atom. The molecule has 1 nitrogen and oxygen atoms in total. The highest BCUT2D eigenvalue weighted by atomic mass is 31.1. The number of halogens is 3. The second-order valence-electron chi connectivity index (χ2n) is 5.70. The van der Waals surface area contributed by atoms with Crippen LogP contribution in [0.2, 0.25) is 0 Å². The first-order valence-corrected chi connectivity index (χ1v) is 9.02. The molecule has 1 atom stereocenters. The Kier molecular flexibility index (Phi) is 4.82. The third-order valence-corrected chi connectivity index (χ3v) is 6.36. The molecule has 3 rings (SSSR count). The van der Waals surface area contributed by atoms with Crippen LogP contribution in [0.15, 0.2) is 72.8 Å². The summed E-state index contributed by atoms with van der Waals surface area (Å²) in [7, 11) is -1.14. The number of aryl methyl sites for hydroxylation is 1. The van der Waals surface area contributed by atoms with Crippen LogP contribution < -0.4 is 15.9 Å². The summed E-state index contributed by atoms with van der Waals surface area (Å²) in [5.74, 6) is 0.147. The molecule has 0 spiro atoms. The van der Waals surface area contributed by atoms with Crippen LogP contribution in [0.3, 0.4) is 0 Å². The van der Waals surface area contributed by atoms with E-state index in [2.05, 4.69) is 0 Å². The largest absolute Gasteiger partial charge is 0.507 e. The van der Waals surface area contributed by atoms with E-state index in [1.165, 1.54) is 12.1 Å². The highest BCUT2D eigenvalue weighted by Gasteiger charge is 2.30. The molecule has 0 radical (unpaired) electrons. The average molecular weight is 360 g/mol. The fourth-order valence-electron chi connectivity index (χ4n) is 2.57. The van der Waals surface area contributed by atoms with E-state index in [4.69, 9.17) is 0 Å². The molecule has 128 valence electrons. The smallest absolute Gasteiger partial charge is 0.416 e. The number of benzene rings is 3. The molecule has 1 unspecified atom stereocenters. The SMILES string of the molecule is Cc1ccc(P(c2ccc(C(F)(F)F)cc2)c2ccccc2O)cc1. The van der Waals surface area contributed by atoms with Crippen molar-refractivity contribution in [1.82, 2.24) is 0 Å². The molecule has 0 aliphatic carbocycles. The number of aromatic hydroxyl groups is 1. The van der Waals surface area contributed by atoms with Gasteiger partial charge < -0.3 is 5.11 Å². The van der Waals surface area contributed by atoms with Crippen LogP contribution in [-0.4, -0.2) is 5.11 Å². The highest BCUT2D eigenvalue weighted by molar-refractivity contribution is 7.80. The fourth-order valence-corrected chi connectivity index (χ4v) is 4.86. The highest BCUT2D eigenvalue weighted by Crippen LogP contribution is 2.37. The maximum Gasteiger partial charge on any atom is 0.416 e. The van der Waals surface area contributed by atoms with Crippen LogP contribution in [0.5, 0.6) is 5.75 Å². The zero-order valence-electron chi connectivity index (χ0n) is 13.5. The van der Waals surface area contributed by atoms with Gasteiger partial charge in [-0.25, -0.2) is 0 Å². The summed E-state index contributed by atoms with van der Waals surface area (Å²) in [6.07, 6.45) is -4.36. The zero-order chi connectivity index (χ0) is 18.0. The van der Waals surface area contributed by atoms with Crippen molar-refractivity contribution < 1.29 is 18.3 Å². The summed E-state index contributed by atoms with van der Waals surface area (Å²) in [5.41, 5.74) is 0.427. The maximum atomic E-state index is 12.8. The van der Waals surface area contributed by atoms with Gasteiger partial charge in [0.2, 0.25) is 0 Å². The molecular weight excluding hydrogens is 344 g/mol. The molecule has 0 bridgehead atoms. The minimum absolute atomic E-state index is 0.147. The topological polar surface area (TPSA) is 20.2 Å². The molecule has 0 saturated heterocycles. The lowest BCUT2D eigenvalue weighted by Crippen LogP contribution is -2.21. The van der Waals surface area contributed by atoms with E-state index < -0.39 is 19.7 Å². The first-order valence-electron chi connectivity index (χ1n) is 7.68. The van der Waals surface area contributed by atoms with Crippen LogP contribution >= 0.6 is 7.92 Å². The van der Waals surface area contributed by atoms with Gasteiger partial charge in [-0.2, -0.15) is 13.2 Å². The van der Waals surface area contributed by atoms with Crippen molar-refractivity contribution in [1.29, 1.82) is 0 Å². The number of alkyl halides is 3. The number of phenols is 1. The molecule has 25 heavy (non-hydrogen) atoms. The quantitative estimate of drug-likeness (QED) is 0.683. The lowest BCUT2D eigenvalue weighted by Gasteiger charge is -2.21. The third-order valence-electron chi connectivity index (χ3n) is 3.87. The Hall–Kier alpha value is -2.32. The minimum atomic E-state index is -4.36. The third kappa shape index (κ3) is 3.85. The molecule has 0 aliphatic rings. The van der Waals surface area contributed by atoms with Crippen LogP contribution in [0.25, 0.3) is 0 Å². The van der Waals surface area contributed by atoms with Crippen LogP contribution in [0.4, 0.5) is 13.2 Å². The lowest BCUT2D eigenvalue weighted by atomic mass is 10.2. The molecule has 0 heterocycles. The van der Waals surface area contributed by atoms with Crippen LogP contribution in [-0.2, 0) is 6.18 Å². The standard InChI is InChI=1S/C20H16F3OP/c1-14-6-10-16(11-7-14)25(19-5-3-2-4-18(19)24)17-12-8-15(9-13-17)20(21,22)23/h2-13,24H,1H3. The van der Waals surface area contributed by atoms with Crippen molar-refractivity contribution in [3.8, 4) is 5.75 Å². The second kappa shape index (κ2) is 6.89. The zero-order valence-corrected chi connectivity index (χ0v) is 14.4. The number of phenolic OH excluding ortho intramolecular Hbond substituents is 1. The van der Waals surface area contributed by atoms with Gasteiger partial charge in [-0.15, -0.1) is 0 Å².